The minimum Gasteiger partial charge on any atom is -0.772 e. The van der Waals surface area contributed by atoms with Crippen molar-refractivity contribution in [3.63, 3.8) is 0 Å². The summed E-state index contributed by atoms with van der Waals surface area (Å²) in [5.41, 5.74) is -0.314. The summed E-state index contributed by atoms with van der Waals surface area (Å²) in [7, 11) is 0. The molecule has 0 radical (unpaired) electrons. The van der Waals surface area contributed by atoms with E-state index in [4.69, 9.17) is 0 Å². The largest absolute Gasteiger partial charge is 1.00 e. The average molecular weight is 412 g/mol. The van der Waals surface area contributed by atoms with Gasteiger partial charge in [0, 0.05) is 48.4 Å². The van der Waals surface area contributed by atoms with Crippen LogP contribution < -0.4 is 34.5 Å². The standard InChI is InChI=1S/C16H21F3N4O2S.Na/c1-8-3-4-22(8)15-20-13(9(2)14(21-15)16(17,18)19)10-5-11-12(7-26(24)25)23(11)6-10;/h8,10-12H,3-7H2,1-2H3,(H,24,25);/q;+1/p-1/t8-,10?,11-,12+,23?;/m0./s1. The summed E-state index contributed by atoms with van der Waals surface area (Å²) in [5.74, 6) is 0.130. The smallest absolute Gasteiger partial charge is 0.772 e. The Morgan fingerprint density at radius 2 is 2.04 bits per heavy atom. The summed E-state index contributed by atoms with van der Waals surface area (Å²) in [6.07, 6.45) is -2.96. The van der Waals surface area contributed by atoms with E-state index < -0.39 is 23.0 Å². The molecule has 3 unspecified atom stereocenters. The van der Waals surface area contributed by atoms with Crippen LogP contribution in [0.15, 0.2) is 0 Å². The third kappa shape index (κ3) is 3.93. The Hall–Kier alpha value is -0.260. The average Bonchev–Trinajstić information content (AvgIpc) is 2.96. The van der Waals surface area contributed by atoms with Gasteiger partial charge in [0.05, 0.1) is 5.69 Å². The van der Waals surface area contributed by atoms with E-state index in [1.807, 2.05) is 11.8 Å². The predicted octanol–water partition coefficient (Wildman–Crippen LogP) is -1.17. The minimum atomic E-state index is -4.52. The molecule has 6 nitrogen and oxygen atoms in total. The molecule has 0 spiro atoms. The van der Waals surface area contributed by atoms with E-state index >= 15 is 0 Å². The fourth-order valence-electron chi connectivity index (χ4n) is 4.26. The van der Waals surface area contributed by atoms with E-state index in [9.17, 15) is 21.9 Å². The molecule has 11 heteroatoms. The Morgan fingerprint density at radius 3 is 2.48 bits per heavy atom. The van der Waals surface area contributed by atoms with Crippen LogP contribution in [-0.4, -0.2) is 60.6 Å². The first-order chi connectivity index (χ1) is 12.2. The van der Waals surface area contributed by atoms with Gasteiger partial charge in [-0.15, -0.1) is 0 Å². The molecule has 0 amide bonds. The first-order valence-corrected chi connectivity index (χ1v) is 9.95. The third-order valence-electron chi connectivity index (χ3n) is 5.87. The first-order valence-electron chi connectivity index (χ1n) is 8.70. The number of hydrogen-bond donors (Lipinski definition) is 0. The zero-order valence-electron chi connectivity index (χ0n) is 15.5. The molecule has 3 fully saturated rings. The second-order valence-electron chi connectivity index (χ2n) is 7.45. The summed E-state index contributed by atoms with van der Waals surface area (Å²) in [4.78, 5) is 12.2. The minimum absolute atomic E-state index is 0. The Bertz CT molecular complexity index is 754. The van der Waals surface area contributed by atoms with Crippen molar-refractivity contribution in [3.05, 3.63) is 17.0 Å². The van der Waals surface area contributed by atoms with Crippen LogP contribution in [0.4, 0.5) is 19.1 Å². The van der Waals surface area contributed by atoms with Crippen LogP contribution in [0.25, 0.3) is 0 Å². The Labute approximate surface area is 180 Å². The number of halogens is 3. The van der Waals surface area contributed by atoms with Gasteiger partial charge in [0.2, 0.25) is 5.95 Å². The van der Waals surface area contributed by atoms with E-state index in [1.54, 1.807) is 4.90 Å². The molecule has 3 aliphatic rings. The zero-order valence-corrected chi connectivity index (χ0v) is 18.3. The van der Waals surface area contributed by atoms with Gasteiger partial charge in [-0.3, -0.25) is 9.11 Å². The Kier molecular flexibility index (Phi) is 5.98. The molecule has 1 aromatic rings. The van der Waals surface area contributed by atoms with Gasteiger partial charge in [-0.2, -0.15) is 13.2 Å². The van der Waals surface area contributed by atoms with Crippen LogP contribution in [0.3, 0.4) is 0 Å². The molecule has 0 aliphatic carbocycles. The molecule has 3 aliphatic heterocycles. The molecular formula is C16H20F3N4NaO2S. The molecule has 0 N–H and O–H groups in total. The fraction of sp³-hybridized carbons (Fsp3) is 0.750. The molecule has 1 aromatic heterocycles. The summed E-state index contributed by atoms with van der Waals surface area (Å²) in [5, 5.41) is 0. The summed E-state index contributed by atoms with van der Waals surface area (Å²) in [6.45, 7) is 4.60. The van der Waals surface area contributed by atoms with E-state index in [1.165, 1.54) is 6.92 Å². The van der Waals surface area contributed by atoms with Gasteiger partial charge in [0.25, 0.3) is 0 Å². The molecule has 4 heterocycles. The molecular weight excluding hydrogens is 392 g/mol. The molecule has 0 saturated carbocycles. The van der Waals surface area contributed by atoms with Gasteiger partial charge in [-0.1, -0.05) is 11.1 Å². The number of nitrogens with zero attached hydrogens (tertiary/aromatic N) is 4. The van der Waals surface area contributed by atoms with E-state index in [2.05, 4.69) is 9.97 Å². The Balaban J connectivity index is 0.00000210. The molecule has 0 aromatic carbocycles. The maximum atomic E-state index is 13.5. The molecule has 27 heavy (non-hydrogen) atoms. The van der Waals surface area contributed by atoms with Gasteiger partial charge in [-0.25, -0.2) is 9.97 Å². The van der Waals surface area contributed by atoms with Crippen molar-refractivity contribution in [1.82, 2.24) is 14.9 Å². The van der Waals surface area contributed by atoms with Gasteiger partial charge < -0.3 is 9.45 Å². The number of fused-ring (bicyclic) bond motifs is 1. The maximum Gasteiger partial charge on any atom is 1.00 e. The van der Waals surface area contributed by atoms with E-state index in [0.717, 1.165) is 6.42 Å². The number of rotatable bonds is 4. The SMILES string of the molecule is Cc1c(C2C[C@H]3[C@@H](CS(=O)[O-])N3C2)nc(N2CC[C@@H]2C)nc1C(F)(F)F.[Na+]. The molecule has 0 bridgehead atoms. The number of alkyl halides is 3. The number of piperidine rings is 1. The van der Waals surface area contributed by atoms with Crippen LogP contribution >= 0.6 is 0 Å². The zero-order chi connectivity index (χ0) is 18.8. The van der Waals surface area contributed by atoms with Gasteiger partial charge in [0.1, 0.15) is 0 Å². The van der Waals surface area contributed by atoms with E-state index in [-0.39, 0.29) is 70.9 Å². The molecule has 144 valence electrons. The van der Waals surface area contributed by atoms with Gasteiger partial charge in [-0.05, 0) is 26.7 Å². The second kappa shape index (κ2) is 7.53. The number of anilines is 1. The quantitative estimate of drug-likeness (QED) is 0.353. The number of aromatic nitrogens is 2. The van der Waals surface area contributed by atoms with Crippen LogP contribution in [0.2, 0.25) is 0 Å². The van der Waals surface area contributed by atoms with Crippen LogP contribution in [0.1, 0.15) is 42.6 Å². The molecule has 4 rings (SSSR count). The van der Waals surface area contributed by atoms with E-state index in [0.29, 0.717) is 25.2 Å². The molecule has 6 atom stereocenters. The van der Waals surface area contributed by atoms with Crippen molar-refractivity contribution >= 4 is 17.0 Å². The first kappa shape index (κ1) is 21.4. The monoisotopic (exact) mass is 412 g/mol. The summed E-state index contributed by atoms with van der Waals surface area (Å²) in [6, 6.07) is 0.278. The predicted molar refractivity (Wildman–Crippen MR) is 88.6 cm³/mol. The Morgan fingerprint density at radius 1 is 1.33 bits per heavy atom. The van der Waals surface area contributed by atoms with Gasteiger partial charge in [0.15, 0.2) is 5.69 Å². The van der Waals surface area contributed by atoms with Crippen molar-refractivity contribution in [2.24, 2.45) is 0 Å². The maximum absolute atomic E-state index is 13.5. The third-order valence-corrected chi connectivity index (χ3v) is 6.49. The van der Waals surface area contributed by atoms with Crippen molar-refractivity contribution in [3.8, 4) is 0 Å². The van der Waals surface area contributed by atoms with Crippen LogP contribution in [-0.2, 0) is 17.3 Å². The normalized spacial score (nSPS) is 33.1. The number of hydrogen-bond acceptors (Lipinski definition) is 6. The van der Waals surface area contributed by atoms with Crippen molar-refractivity contribution in [2.45, 2.75) is 56.9 Å². The van der Waals surface area contributed by atoms with Crippen molar-refractivity contribution < 1.29 is 51.5 Å². The van der Waals surface area contributed by atoms with Gasteiger partial charge >= 0.3 is 35.7 Å². The van der Waals surface area contributed by atoms with Crippen molar-refractivity contribution in [2.75, 3.05) is 23.7 Å². The molecule has 3 saturated heterocycles. The summed E-state index contributed by atoms with van der Waals surface area (Å²) < 4.78 is 62.2. The van der Waals surface area contributed by atoms with Crippen LogP contribution in [0.5, 0.6) is 0 Å². The second-order valence-corrected chi connectivity index (χ2v) is 8.39. The topological polar surface area (TPSA) is 72.2 Å². The van der Waals surface area contributed by atoms with Crippen LogP contribution in [0, 0.1) is 6.92 Å². The van der Waals surface area contributed by atoms with Crippen molar-refractivity contribution in [1.29, 1.82) is 0 Å². The fourth-order valence-corrected chi connectivity index (χ4v) is 4.95. The summed E-state index contributed by atoms with van der Waals surface area (Å²) >= 11 is -2.10.